The summed E-state index contributed by atoms with van der Waals surface area (Å²) in [5.74, 6) is 4.89. The third-order valence-corrected chi connectivity index (χ3v) is 2.22. The van der Waals surface area contributed by atoms with Crippen LogP contribution in [0.5, 0.6) is 0 Å². The van der Waals surface area contributed by atoms with E-state index in [4.69, 9.17) is 5.84 Å². The standard InChI is InChI=1S/C10H13F3N2/c1-2-7-3-5-8(6-4-7)9(15-14)10(11,12)13/h3-6,9,15H,2,14H2,1H3/t9-/m1/s1. The number of hydrazine groups is 1. The van der Waals surface area contributed by atoms with Gasteiger partial charge in [0, 0.05) is 0 Å². The van der Waals surface area contributed by atoms with Crippen molar-refractivity contribution in [1.82, 2.24) is 5.43 Å². The summed E-state index contributed by atoms with van der Waals surface area (Å²) >= 11 is 0. The average molecular weight is 218 g/mol. The van der Waals surface area contributed by atoms with Crippen LogP contribution in [-0.2, 0) is 6.42 Å². The largest absolute Gasteiger partial charge is 0.409 e. The quantitative estimate of drug-likeness (QED) is 0.603. The summed E-state index contributed by atoms with van der Waals surface area (Å²) in [7, 11) is 0. The molecule has 0 amide bonds. The van der Waals surface area contributed by atoms with Crippen molar-refractivity contribution in [3.05, 3.63) is 35.4 Å². The van der Waals surface area contributed by atoms with Crippen LogP contribution in [0.15, 0.2) is 24.3 Å². The van der Waals surface area contributed by atoms with Crippen LogP contribution in [0.25, 0.3) is 0 Å². The van der Waals surface area contributed by atoms with Gasteiger partial charge in [-0.25, -0.2) is 5.43 Å². The Morgan fingerprint density at radius 2 is 1.80 bits per heavy atom. The lowest BCUT2D eigenvalue weighted by molar-refractivity contribution is -0.157. The predicted molar refractivity (Wildman–Crippen MR) is 51.9 cm³/mol. The molecule has 0 radical (unpaired) electrons. The molecule has 0 unspecified atom stereocenters. The number of rotatable bonds is 3. The van der Waals surface area contributed by atoms with E-state index in [-0.39, 0.29) is 5.56 Å². The minimum absolute atomic E-state index is 0.127. The van der Waals surface area contributed by atoms with E-state index in [1.807, 2.05) is 6.92 Å². The van der Waals surface area contributed by atoms with Crippen molar-refractivity contribution in [2.75, 3.05) is 0 Å². The van der Waals surface area contributed by atoms with Crippen molar-refractivity contribution in [2.24, 2.45) is 5.84 Å². The first kappa shape index (κ1) is 12.0. The molecular weight excluding hydrogens is 205 g/mol. The van der Waals surface area contributed by atoms with Crippen molar-refractivity contribution in [2.45, 2.75) is 25.6 Å². The van der Waals surface area contributed by atoms with Crippen LogP contribution in [-0.4, -0.2) is 6.18 Å². The Hall–Kier alpha value is -1.07. The Morgan fingerprint density at radius 1 is 1.27 bits per heavy atom. The van der Waals surface area contributed by atoms with Gasteiger partial charge in [-0.3, -0.25) is 5.84 Å². The molecule has 5 heteroatoms. The predicted octanol–water partition coefficient (Wildman–Crippen LogP) is 2.32. The van der Waals surface area contributed by atoms with Gasteiger partial charge in [-0.1, -0.05) is 31.2 Å². The normalized spacial score (nSPS) is 13.9. The van der Waals surface area contributed by atoms with Gasteiger partial charge in [-0.15, -0.1) is 0 Å². The third-order valence-electron chi connectivity index (χ3n) is 2.22. The summed E-state index contributed by atoms with van der Waals surface area (Å²) in [5, 5.41) is 0. The molecule has 1 aromatic carbocycles. The lowest BCUT2D eigenvalue weighted by Gasteiger charge is -2.19. The number of hydrogen-bond acceptors (Lipinski definition) is 2. The van der Waals surface area contributed by atoms with Crippen molar-refractivity contribution in [3.8, 4) is 0 Å². The highest BCUT2D eigenvalue weighted by Crippen LogP contribution is 2.31. The number of nitrogens with one attached hydrogen (secondary N) is 1. The third kappa shape index (κ3) is 2.94. The van der Waals surface area contributed by atoms with Gasteiger partial charge in [-0.2, -0.15) is 13.2 Å². The van der Waals surface area contributed by atoms with Crippen molar-refractivity contribution < 1.29 is 13.2 Å². The monoisotopic (exact) mass is 218 g/mol. The van der Waals surface area contributed by atoms with Crippen molar-refractivity contribution in [3.63, 3.8) is 0 Å². The maximum absolute atomic E-state index is 12.4. The van der Waals surface area contributed by atoms with E-state index in [2.05, 4.69) is 0 Å². The second-order valence-electron chi connectivity index (χ2n) is 3.24. The van der Waals surface area contributed by atoms with E-state index in [0.717, 1.165) is 12.0 Å². The molecule has 0 saturated carbocycles. The SMILES string of the molecule is CCc1ccc([C@@H](NN)C(F)(F)F)cc1. The minimum Gasteiger partial charge on any atom is -0.271 e. The molecule has 1 atom stereocenters. The molecule has 0 saturated heterocycles. The molecular formula is C10H13F3N2. The van der Waals surface area contributed by atoms with Gasteiger partial charge >= 0.3 is 6.18 Å². The highest BCUT2D eigenvalue weighted by molar-refractivity contribution is 5.25. The molecule has 1 rings (SSSR count). The van der Waals surface area contributed by atoms with Crippen molar-refractivity contribution >= 4 is 0 Å². The molecule has 0 fully saturated rings. The Bertz CT molecular complexity index is 305. The van der Waals surface area contributed by atoms with Crippen LogP contribution < -0.4 is 11.3 Å². The summed E-state index contributed by atoms with van der Waals surface area (Å²) in [5.41, 5.74) is 2.89. The van der Waals surface area contributed by atoms with E-state index in [1.54, 1.807) is 17.6 Å². The highest BCUT2D eigenvalue weighted by atomic mass is 19.4. The molecule has 15 heavy (non-hydrogen) atoms. The Balaban J connectivity index is 2.93. The smallest absolute Gasteiger partial charge is 0.271 e. The molecule has 0 aromatic heterocycles. The van der Waals surface area contributed by atoms with Crippen LogP contribution in [0, 0.1) is 0 Å². The van der Waals surface area contributed by atoms with E-state index in [9.17, 15) is 13.2 Å². The van der Waals surface area contributed by atoms with Gasteiger partial charge in [0.25, 0.3) is 0 Å². The number of aryl methyl sites for hydroxylation is 1. The summed E-state index contributed by atoms with van der Waals surface area (Å²) in [6.45, 7) is 1.94. The molecule has 0 spiro atoms. The second-order valence-corrected chi connectivity index (χ2v) is 3.24. The zero-order chi connectivity index (χ0) is 11.5. The summed E-state index contributed by atoms with van der Waals surface area (Å²) in [6, 6.07) is 4.42. The Morgan fingerprint density at radius 3 is 2.13 bits per heavy atom. The van der Waals surface area contributed by atoms with Crippen LogP contribution in [0.2, 0.25) is 0 Å². The fourth-order valence-electron chi connectivity index (χ4n) is 1.33. The highest BCUT2D eigenvalue weighted by Gasteiger charge is 2.39. The van der Waals surface area contributed by atoms with E-state index in [0.29, 0.717) is 0 Å². The van der Waals surface area contributed by atoms with Crippen LogP contribution in [0.1, 0.15) is 24.1 Å². The molecule has 1 aromatic rings. The van der Waals surface area contributed by atoms with Crippen LogP contribution in [0.4, 0.5) is 13.2 Å². The Labute approximate surface area is 86.2 Å². The first-order valence-corrected chi connectivity index (χ1v) is 4.60. The fraction of sp³-hybridized carbons (Fsp3) is 0.400. The fourth-order valence-corrected chi connectivity index (χ4v) is 1.33. The number of benzene rings is 1. The zero-order valence-electron chi connectivity index (χ0n) is 8.31. The number of alkyl halides is 3. The topological polar surface area (TPSA) is 38.0 Å². The maximum atomic E-state index is 12.4. The number of halogens is 3. The van der Waals surface area contributed by atoms with Crippen LogP contribution in [0.3, 0.4) is 0 Å². The van der Waals surface area contributed by atoms with Gasteiger partial charge in [-0.05, 0) is 17.5 Å². The minimum atomic E-state index is -4.37. The summed E-state index contributed by atoms with van der Waals surface area (Å²) < 4.78 is 37.3. The second kappa shape index (κ2) is 4.63. The van der Waals surface area contributed by atoms with Gasteiger partial charge in [0.1, 0.15) is 6.04 Å². The molecule has 84 valence electrons. The summed E-state index contributed by atoms with van der Waals surface area (Å²) in [6.07, 6.45) is -3.57. The molecule has 0 aliphatic carbocycles. The molecule has 0 heterocycles. The Kier molecular flexibility index (Phi) is 3.71. The molecule has 0 bridgehead atoms. The molecule has 3 N–H and O–H groups in total. The van der Waals surface area contributed by atoms with Gasteiger partial charge in [0.15, 0.2) is 0 Å². The van der Waals surface area contributed by atoms with E-state index in [1.165, 1.54) is 12.1 Å². The van der Waals surface area contributed by atoms with Gasteiger partial charge < -0.3 is 0 Å². The van der Waals surface area contributed by atoms with Gasteiger partial charge in [0.05, 0.1) is 0 Å². The molecule has 0 aliphatic rings. The summed E-state index contributed by atoms with van der Waals surface area (Å²) in [4.78, 5) is 0. The first-order valence-electron chi connectivity index (χ1n) is 4.60. The lowest BCUT2D eigenvalue weighted by Crippen LogP contribution is -2.38. The lowest BCUT2D eigenvalue weighted by atomic mass is 10.0. The van der Waals surface area contributed by atoms with Crippen LogP contribution >= 0.6 is 0 Å². The maximum Gasteiger partial charge on any atom is 0.409 e. The number of hydrogen-bond donors (Lipinski definition) is 2. The van der Waals surface area contributed by atoms with E-state index >= 15 is 0 Å². The molecule has 0 aliphatic heterocycles. The van der Waals surface area contributed by atoms with Gasteiger partial charge in [0.2, 0.25) is 0 Å². The molecule has 2 nitrogen and oxygen atoms in total. The average Bonchev–Trinajstić information content (AvgIpc) is 2.18. The zero-order valence-corrected chi connectivity index (χ0v) is 8.31. The van der Waals surface area contributed by atoms with E-state index < -0.39 is 12.2 Å². The number of nitrogens with two attached hydrogens (primary N) is 1. The first-order chi connectivity index (χ1) is 6.99. The van der Waals surface area contributed by atoms with Crippen molar-refractivity contribution in [1.29, 1.82) is 0 Å².